The van der Waals surface area contributed by atoms with Crippen LogP contribution in [0.15, 0.2) is 60.8 Å². The summed E-state index contributed by atoms with van der Waals surface area (Å²) in [5.41, 5.74) is 3.76. The number of ether oxygens (including phenoxy) is 1. The number of benzene rings is 2. The lowest BCUT2D eigenvalue weighted by atomic mass is 10.1. The second-order valence-electron chi connectivity index (χ2n) is 6.13. The number of hydrogen-bond acceptors (Lipinski definition) is 4. The number of esters is 1. The number of nitrogens with one attached hydrogen (secondary N) is 1. The van der Waals surface area contributed by atoms with Gasteiger partial charge in [0.2, 0.25) is 5.91 Å². The molecule has 3 rings (SSSR count). The molecule has 0 atom stereocenters. The molecule has 0 aliphatic carbocycles. The van der Waals surface area contributed by atoms with Crippen LogP contribution >= 0.6 is 0 Å². The third-order valence-corrected chi connectivity index (χ3v) is 3.95. The van der Waals surface area contributed by atoms with Gasteiger partial charge in [-0.2, -0.15) is 5.10 Å². The third-order valence-electron chi connectivity index (χ3n) is 3.95. The number of aryl methyl sites for hydroxylation is 1. The van der Waals surface area contributed by atoms with E-state index in [1.165, 1.54) is 0 Å². The third kappa shape index (κ3) is 4.82. The predicted molar refractivity (Wildman–Crippen MR) is 103 cm³/mol. The van der Waals surface area contributed by atoms with Crippen molar-refractivity contribution >= 4 is 17.6 Å². The lowest BCUT2D eigenvalue weighted by Crippen LogP contribution is -2.14. The van der Waals surface area contributed by atoms with Crippen LogP contribution in [-0.4, -0.2) is 28.3 Å². The minimum atomic E-state index is -0.459. The molecule has 0 bridgehead atoms. The fourth-order valence-electron chi connectivity index (χ4n) is 2.60. The van der Waals surface area contributed by atoms with Crippen molar-refractivity contribution in [2.45, 2.75) is 20.3 Å². The van der Waals surface area contributed by atoms with Crippen LogP contribution < -0.4 is 5.32 Å². The molecule has 0 spiro atoms. The van der Waals surface area contributed by atoms with Crippen molar-refractivity contribution in [1.82, 2.24) is 9.78 Å². The quantitative estimate of drug-likeness (QED) is 0.680. The summed E-state index contributed by atoms with van der Waals surface area (Å²) < 4.78 is 6.52. The molecule has 0 aliphatic rings. The average molecular weight is 363 g/mol. The SMILES string of the molecule is CCOC(=O)c1ccn(-c2cccc(NC(=O)Cc3ccc(C)cc3)c2)n1. The van der Waals surface area contributed by atoms with Crippen molar-refractivity contribution < 1.29 is 14.3 Å². The van der Waals surface area contributed by atoms with E-state index in [0.717, 1.165) is 16.8 Å². The predicted octanol–water partition coefficient (Wildman–Crippen LogP) is 3.54. The Morgan fingerprint density at radius 1 is 1.11 bits per heavy atom. The Kier molecular flexibility index (Phi) is 5.66. The fraction of sp³-hybridized carbons (Fsp3) is 0.190. The molecule has 1 N–H and O–H groups in total. The highest BCUT2D eigenvalue weighted by atomic mass is 16.5. The smallest absolute Gasteiger partial charge is 0.358 e. The second kappa shape index (κ2) is 8.31. The van der Waals surface area contributed by atoms with Crippen LogP contribution in [0.4, 0.5) is 5.69 Å². The van der Waals surface area contributed by atoms with Gasteiger partial charge in [-0.3, -0.25) is 4.79 Å². The van der Waals surface area contributed by atoms with E-state index in [1.807, 2.05) is 49.4 Å². The fourth-order valence-corrected chi connectivity index (χ4v) is 2.60. The molecule has 0 saturated carbocycles. The molecular formula is C21H21N3O3. The molecule has 1 heterocycles. The molecule has 27 heavy (non-hydrogen) atoms. The number of nitrogens with zero attached hydrogens (tertiary/aromatic N) is 2. The van der Waals surface area contributed by atoms with Gasteiger partial charge in [-0.05, 0) is 43.7 Å². The zero-order valence-electron chi connectivity index (χ0n) is 15.3. The van der Waals surface area contributed by atoms with Gasteiger partial charge in [0.15, 0.2) is 5.69 Å². The normalized spacial score (nSPS) is 10.4. The highest BCUT2D eigenvalue weighted by molar-refractivity contribution is 5.92. The molecule has 0 fully saturated rings. The first-order chi connectivity index (χ1) is 13.0. The van der Waals surface area contributed by atoms with Crippen LogP contribution in [0.25, 0.3) is 5.69 Å². The largest absolute Gasteiger partial charge is 0.461 e. The van der Waals surface area contributed by atoms with Crippen LogP contribution in [0.3, 0.4) is 0 Å². The summed E-state index contributed by atoms with van der Waals surface area (Å²) in [6, 6.07) is 16.8. The first kappa shape index (κ1) is 18.4. The van der Waals surface area contributed by atoms with E-state index < -0.39 is 5.97 Å². The number of hydrogen-bond donors (Lipinski definition) is 1. The summed E-state index contributed by atoms with van der Waals surface area (Å²) in [6.07, 6.45) is 1.98. The summed E-state index contributed by atoms with van der Waals surface area (Å²) in [5, 5.41) is 7.12. The molecule has 0 aliphatic heterocycles. The van der Waals surface area contributed by atoms with Crippen LogP contribution in [-0.2, 0) is 16.0 Å². The van der Waals surface area contributed by atoms with Gasteiger partial charge >= 0.3 is 5.97 Å². The van der Waals surface area contributed by atoms with Crippen molar-refractivity contribution in [2.75, 3.05) is 11.9 Å². The number of carbonyl (C=O) groups is 2. The van der Waals surface area contributed by atoms with Crippen molar-refractivity contribution in [3.63, 3.8) is 0 Å². The monoisotopic (exact) mass is 363 g/mol. The number of amides is 1. The second-order valence-corrected chi connectivity index (χ2v) is 6.13. The standard InChI is InChI=1S/C21H21N3O3/c1-3-27-21(26)19-11-12-24(23-19)18-6-4-5-17(14-18)22-20(25)13-16-9-7-15(2)8-10-16/h4-12,14H,3,13H2,1-2H3,(H,22,25). The van der Waals surface area contributed by atoms with Gasteiger partial charge in [0.05, 0.1) is 18.7 Å². The van der Waals surface area contributed by atoms with Crippen LogP contribution in [0.1, 0.15) is 28.5 Å². The zero-order chi connectivity index (χ0) is 19.2. The summed E-state index contributed by atoms with van der Waals surface area (Å²) in [7, 11) is 0. The minimum absolute atomic E-state index is 0.0938. The van der Waals surface area contributed by atoms with Gasteiger partial charge in [0.1, 0.15) is 0 Å². The molecule has 2 aromatic carbocycles. The van der Waals surface area contributed by atoms with Gasteiger partial charge in [-0.15, -0.1) is 0 Å². The first-order valence-corrected chi connectivity index (χ1v) is 8.74. The van der Waals surface area contributed by atoms with Crippen LogP contribution in [0, 0.1) is 6.92 Å². The molecular weight excluding hydrogens is 342 g/mol. The lowest BCUT2D eigenvalue weighted by Gasteiger charge is -2.08. The number of aromatic nitrogens is 2. The van der Waals surface area contributed by atoms with Gasteiger partial charge < -0.3 is 10.1 Å². The van der Waals surface area contributed by atoms with Gasteiger partial charge in [-0.25, -0.2) is 9.48 Å². The molecule has 0 radical (unpaired) electrons. The maximum absolute atomic E-state index is 12.3. The molecule has 138 valence electrons. The summed E-state index contributed by atoms with van der Waals surface area (Å²) in [6.45, 7) is 4.06. The molecule has 1 aromatic heterocycles. The van der Waals surface area contributed by atoms with Gasteiger partial charge in [0, 0.05) is 11.9 Å². The van der Waals surface area contributed by atoms with Crippen LogP contribution in [0.2, 0.25) is 0 Å². The van der Waals surface area contributed by atoms with E-state index in [-0.39, 0.29) is 11.6 Å². The first-order valence-electron chi connectivity index (χ1n) is 8.74. The van der Waals surface area contributed by atoms with Gasteiger partial charge in [0.25, 0.3) is 0 Å². The van der Waals surface area contributed by atoms with E-state index in [1.54, 1.807) is 29.9 Å². The Morgan fingerprint density at radius 2 is 1.89 bits per heavy atom. The minimum Gasteiger partial charge on any atom is -0.461 e. The Morgan fingerprint density at radius 3 is 2.63 bits per heavy atom. The summed E-state index contributed by atoms with van der Waals surface area (Å²) >= 11 is 0. The van der Waals surface area contributed by atoms with Crippen molar-refractivity contribution in [1.29, 1.82) is 0 Å². The molecule has 0 unspecified atom stereocenters. The van der Waals surface area contributed by atoms with Crippen LogP contribution in [0.5, 0.6) is 0 Å². The zero-order valence-corrected chi connectivity index (χ0v) is 15.3. The molecule has 3 aromatic rings. The highest BCUT2D eigenvalue weighted by Gasteiger charge is 2.11. The Labute approximate surface area is 157 Å². The number of anilines is 1. The summed E-state index contributed by atoms with van der Waals surface area (Å²) in [5.74, 6) is -0.553. The Balaban J connectivity index is 1.69. The lowest BCUT2D eigenvalue weighted by molar-refractivity contribution is -0.115. The van der Waals surface area contributed by atoms with Crippen molar-refractivity contribution in [3.8, 4) is 5.69 Å². The van der Waals surface area contributed by atoms with E-state index in [2.05, 4.69) is 10.4 Å². The van der Waals surface area contributed by atoms with E-state index in [4.69, 9.17) is 4.74 Å². The topological polar surface area (TPSA) is 73.2 Å². The molecule has 1 amide bonds. The molecule has 6 heteroatoms. The molecule has 6 nitrogen and oxygen atoms in total. The van der Waals surface area contributed by atoms with Gasteiger partial charge in [-0.1, -0.05) is 35.9 Å². The maximum atomic E-state index is 12.3. The Hall–Kier alpha value is -3.41. The summed E-state index contributed by atoms with van der Waals surface area (Å²) in [4.78, 5) is 24.0. The van der Waals surface area contributed by atoms with E-state index in [9.17, 15) is 9.59 Å². The van der Waals surface area contributed by atoms with Crippen molar-refractivity contribution in [2.24, 2.45) is 0 Å². The molecule has 0 saturated heterocycles. The van der Waals surface area contributed by atoms with E-state index in [0.29, 0.717) is 18.7 Å². The number of rotatable bonds is 6. The van der Waals surface area contributed by atoms with Crippen molar-refractivity contribution in [3.05, 3.63) is 77.6 Å². The maximum Gasteiger partial charge on any atom is 0.358 e. The Bertz CT molecular complexity index is 945. The number of carbonyl (C=O) groups excluding carboxylic acids is 2. The highest BCUT2D eigenvalue weighted by Crippen LogP contribution is 2.15. The average Bonchev–Trinajstić information content (AvgIpc) is 3.14. The van der Waals surface area contributed by atoms with E-state index >= 15 is 0 Å².